The van der Waals surface area contributed by atoms with Gasteiger partial charge in [0.05, 0.1) is 9.89 Å². The summed E-state index contributed by atoms with van der Waals surface area (Å²) in [6.45, 7) is 2.81. The van der Waals surface area contributed by atoms with Crippen molar-refractivity contribution in [3.63, 3.8) is 0 Å². The van der Waals surface area contributed by atoms with Gasteiger partial charge in [0.15, 0.2) is 0 Å². The van der Waals surface area contributed by atoms with Gasteiger partial charge in [0.1, 0.15) is 5.78 Å². The van der Waals surface area contributed by atoms with Gasteiger partial charge in [-0.1, -0.05) is 0 Å². The molecule has 0 atom stereocenters. The van der Waals surface area contributed by atoms with Crippen molar-refractivity contribution in [1.82, 2.24) is 0 Å². The smallest absolute Gasteiger partial charge is 0.138 e. The first-order valence-electron chi connectivity index (χ1n) is 6.05. The van der Waals surface area contributed by atoms with Crippen LogP contribution in [0, 0.1) is 5.92 Å². The predicted octanol–water partition coefficient (Wildman–Crippen LogP) is 3.83. The number of ether oxygens (including phenoxy) is 1. The van der Waals surface area contributed by atoms with Crippen LogP contribution in [0.1, 0.15) is 31.1 Å². The molecule has 0 aromatic carbocycles. The molecule has 0 bridgehead atoms. The Kier molecular flexibility index (Phi) is 4.77. The first kappa shape index (κ1) is 13.2. The third-order valence-electron chi connectivity index (χ3n) is 3.11. The van der Waals surface area contributed by atoms with E-state index in [0.29, 0.717) is 24.2 Å². The molecule has 0 N–H and O–H groups in total. The van der Waals surface area contributed by atoms with Crippen LogP contribution in [0.2, 0.25) is 0 Å². The van der Waals surface area contributed by atoms with Crippen molar-refractivity contribution < 1.29 is 9.53 Å². The van der Waals surface area contributed by atoms with Gasteiger partial charge < -0.3 is 4.74 Å². The molecule has 0 saturated heterocycles. The zero-order chi connectivity index (χ0) is 12.3. The predicted molar refractivity (Wildman–Crippen MR) is 73.5 cm³/mol. The van der Waals surface area contributed by atoms with Crippen molar-refractivity contribution in [3.05, 3.63) is 20.8 Å². The Labute approximate surface area is 114 Å². The molecule has 0 unspecified atom stereocenters. The Morgan fingerprint density at radius 3 is 2.88 bits per heavy atom. The summed E-state index contributed by atoms with van der Waals surface area (Å²) < 4.78 is 6.59. The summed E-state index contributed by atoms with van der Waals surface area (Å²) in [4.78, 5) is 13.0. The number of ketones is 1. The van der Waals surface area contributed by atoms with Crippen LogP contribution in [-0.4, -0.2) is 18.5 Å². The van der Waals surface area contributed by atoms with Crippen molar-refractivity contribution in [2.24, 2.45) is 5.92 Å². The van der Waals surface area contributed by atoms with Gasteiger partial charge in [-0.15, -0.1) is 11.3 Å². The molecule has 94 valence electrons. The number of thiophene rings is 1. The lowest BCUT2D eigenvalue weighted by Crippen LogP contribution is -2.32. The highest BCUT2D eigenvalue weighted by atomic mass is 79.9. The van der Waals surface area contributed by atoms with E-state index in [1.54, 1.807) is 11.3 Å². The minimum atomic E-state index is 0.360. The second kappa shape index (κ2) is 6.12. The number of hydrogen-bond acceptors (Lipinski definition) is 3. The Hall–Kier alpha value is -0.190. The number of carbonyl (C=O) groups is 1. The zero-order valence-electron chi connectivity index (χ0n) is 9.95. The standard InChI is InChI=1S/C13H17BrO2S/c1-2-16-11-6-9(7-11)5-10(15)8-12-3-4-13(14)17-12/h3-4,9,11H,2,5-8H2,1H3. The van der Waals surface area contributed by atoms with Crippen LogP contribution in [0.3, 0.4) is 0 Å². The molecule has 1 saturated carbocycles. The van der Waals surface area contributed by atoms with Crippen molar-refractivity contribution >= 4 is 33.0 Å². The molecule has 1 heterocycles. The average molecular weight is 317 g/mol. The highest BCUT2D eigenvalue weighted by Crippen LogP contribution is 2.33. The summed E-state index contributed by atoms with van der Waals surface area (Å²) in [5, 5.41) is 0. The fourth-order valence-electron chi connectivity index (χ4n) is 2.25. The lowest BCUT2D eigenvalue weighted by Gasteiger charge is -2.34. The van der Waals surface area contributed by atoms with Crippen LogP contribution in [0.5, 0.6) is 0 Å². The molecule has 1 aromatic heterocycles. The quantitative estimate of drug-likeness (QED) is 0.797. The van der Waals surface area contributed by atoms with Crippen LogP contribution in [0.15, 0.2) is 15.9 Å². The third kappa shape index (κ3) is 3.90. The number of carbonyl (C=O) groups excluding carboxylic acids is 1. The molecule has 4 heteroatoms. The maximum Gasteiger partial charge on any atom is 0.138 e. The van der Waals surface area contributed by atoms with E-state index >= 15 is 0 Å². The number of halogens is 1. The van der Waals surface area contributed by atoms with Gasteiger partial charge in [-0.3, -0.25) is 4.79 Å². The molecular formula is C13H17BrO2S. The molecule has 1 aromatic rings. The number of rotatable bonds is 6. The second-order valence-corrected chi connectivity index (χ2v) is 7.09. The molecule has 0 radical (unpaired) electrons. The minimum absolute atomic E-state index is 0.360. The average Bonchev–Trinajstić information content (AvgIpc) is 2.61. The van der Waals surface area contributed by atoms with Crippen molar-refractivity contribution in [3.8, 4) is 0 Å². The summed E-state index contributed by atoms with van der Waals surface area (Å²) in [7, 11) is 0. The highest BCUT2D eigenvalue weighted by Gasteiger charge is 2.30. The maximum atomic E-state index is 11.8. The summed E-state index contributed by atoms with van der Waals surface area (Å²) in [5.41, 5.74) is 0. The highest BCUT2D eigenvalue weighted by molar-refractivity contribution is 9.11. The SMILES string of the molecule is CCOC1CC(CC(=O)Cc2ccc(Br)s2)C1. The van der Waals surface area contributed by atoms with Gasteiger partial charge in [0, 0.05) is 24.3 Å². The molecular weight excluding hydrogens is 300 g/mol. The summed E-state index contributed by atoms with van der Waals surface area (Å²) in [6, 6.07) is 4.03. The maximum absolute atomic E-state index is 11.8. The van der Waals surface area contributed by atoms with Gasteiger partial charge in [-0.05, 0) is 53.7 Å². The molecule has 0 spiro atoms. The first-order chi connectivity index (χ1) is 8.17. The fraction of sp³-hybridized carbons (Fsp3) is 0.615. The van der Waals surface area contributed by atoms with Crippen LogP contribution < -0.4 is 0 Å². The lowest BCUT2D eigenvalue weighted by molar-refractivity contribution is -0.121. The largest absolute Gasteiger partial charge is 0.378 e. The lowest BCUT2D eigenvalue weighted by atomic mass is 9.78. The van der Waals surface area contributed by atoms with Gasteiger partial charge in [-0.2, -0.15) is 0 Å². The van der Waals surface area contributed by atoms with Crippen LogP contribution in [0.25, 0.3) is 0 Å². The van der Waals surface area contributed by atoms with E-state index in [2.05, 4.69) is 15.9 Å². The van der Waals surface area contributed by atoms with Crippen molar-refractivity contribution in [1.29, 1.82) is 0 Å². The van der Waals surface area contributed by atoms with Gasteiger partial charge in [0.25, 0.3) is 0 Å². The van der Waals surface area contributed by atoms with E-state index in [9.17, 15) is 4.79 Å². The monoisotopic (exact) mass is 316 g/mol. The fourth-order valence-corrected chi connectivity index (χ4v) is 3.76. The summed E-state index contributed by atoms with van der Waals surface area (Å²) >= 11 is 5.06. The molecule has 0 amide bonds. The molecule has 0 aliphatic heterocycles. The normalized spacial score (nSPS) is 23.4. The van der Waals surface area contributed by atoms with E-state index in [4.69, 9.17) is 4.74 Å². The van der Waals surface area contributed by atoms with Gasteiger partial charge in [0.2, 0.25) is 0 Å². The minimum Gasteiger partial charge on any atom is -0.378 e. The van der Waals surface area contributed by atoms with Crippen LogP contribution in [0.4, 0.5) is 0 Å². The zero-order valence-corrected chi connectivity index (χ0v) is 12.4. The molecule has 1 aliphatic carbocycles. The Bertz CT molecular complexity index is 383. The molecule has 2 rings (SSSR count). The van der Waals surface area contributed by atoms with E-state index in [-0.39, 0.29) is 0 Å². The topological polar surface area (TPSA) is 26.3 Å². The summed E-state index contributed by atoms with van der Waals surface area (Å²) in [5.74, 6) is 0.918. The van der Waals surface area contributed by atoms with E-state index < -0.39 is 0 Å². The van der Waals surface area contributed by atoms with Crippen LogP contribution in [-0.2, 0) is 16.0 Å². The van der Waals surface area contributed by atoms with E-state index in [1.807, 2.05) is 19.1 Å². The Morgan fingerprint density at radius 1 is 1.53 bits per heavy atom. The van der Waals surface area contributed by atoms with E-state index in [1.165, 1.54) is 0 Å². The Morgan fingerprint density at radius 2 is 2.29 bits per heavy atom. The van der Waals surface area contributed by atoms with Gasteiger partial charge >= 0.3 is 0 Å². The summed E-state index contributed by atoms with van der Waals surface area (Å²) in [6.07, 6.45) is 3.85. The van der Waals surface area contributed by atoms with Crippen LogP contribution >= 0.6 is 27.3 Å². The number of Topliss-reactive ketones (excluding diaryl/α,β-unsaturated/α-hetero) is 1. The second-order valence-electron chi connectivity index (χ2n) is 4.54. The first-order valence-corrected chi connectivity index (χ1v) is 7.65. The third-order valence-corrected chi connectivity index (χ3v) is 4.74. The van der Waals surface area contributed by atoms with E-state index in [0.717, 1.165) is 34.5 Å². The Balaban J connectivity index is 1.69. The molecule has 1 fully saturated rings. The van der Waals surface area contributed by atoms with Gasteiger partial charge in [-0.25, -0.2) is 0 Å². The van der Waals surface area contributed by atoms with Crippen molar-refractivity contribution in [2.45, 2.75) is 38.7 Å². The molecule has 2 nitrogen and oxygen atoms in total. The van der Waals surface area contributed by atoms with Crippen molar-refractivity contribution in [2.75, 3.05) is 6.61 Å². The number of hydrogen-bond donors (Lipinski definition) is 0. The molecule has 1 aliphatic rings. The molecule has 17 heavy (non-hydrogen) atoms.